The Kier molecular flexibility index (Phi) is 5.95. The third-order valence-corrected chi connectivity index (χ3v) is 2.75. The van der Waals surface area contributed by atoms with Crippen LogP contribution in [-0.2, 0) is 9.53 Å². The second-order valence-corrected chi connectivity index (χ2v) is 4.59. The SMILES string of the molecule is COC(=O)c1ccc(C#CCCSC(C)=O)nc1. The van der Waals surface area contributed by atoms with Gasteiger partial charge in [0.25, 0.3) is 0 Å². The second kappa shape index (κ2) is 7.51. The van der Waals surface area contributed by atoms with Crippen molar-refractivity contribution in [1.29, 1.82) is 0 Å². The summed E-state index contributed by atoms with van der Waals surface area (Å²) in [5.41, 5.74) is 0.991. The summed E-state index contributed by atoms with van der Waals surface area (Å²) >= 11 is 1.25. The summed E-state index contributed by atoms with van der Waals surface area (Å²) in [4.78, 5) is 25.9. The highest BCUT2D eigenvalue weighted by Crippen LogP contribution is 2.03. The maximum Gasteiger partial charge on any atom is 0.339 e. The molecular weight excluding hydrogens is 250 g/mol. The van der Waals surface area contributed by atoms with Crippen LogP contribution in [0.4, 0.5) is 0 Å². The second-order valence-electron chi connectivity index (χ2n) is 3.32. The van der Waals surface area contributed by atoms with Crippen LogP contribution in [0.15, 0.2) is 18.3 Å². The van der Waals surface area contributed by atoms with Crippen molar-refractivity contribution in [2.45, 2.75) is 13.3 Å². The van der Waals surface area contributed by atoms with Crippen molar-refractivity contribution in [2.24, 2.45) is 0 Å². The molecule has 5 heteroatoms. The Balaban J connectivity index is 2.51. The van der Waals surface area contributed by atoms with Gasteiger partial charge in [-0.2, -0.15) is 0 Å². The van der Waals surface area contributed by atoms with E-state index in [1.165, 1.54) is 32.0 Å². The van der Waals surface area contributed by atoms with Gasteiger partial charge in [-0.1, -0.05) is 17.7 Å². The predicted octanol–water partition coefficient (Wildman–Crippen LogP) is 1.89. The Morgan fingerprint density at radius 3 is 2.78 bits per heavy atom. The van der Waals surface area contributed by atoms with Gasteiger partial charge in [0.2, 0.25) is 0 Å². The number of esters is 1. The molecule has 0 aliphatic heterocycles. The lowest BCUT2D eigenvalue weighted by molar-refractivity contribution is -0.109. The Morgan fingerprint density at radius 2 is 2.22 bits per heavy atom. The highest BCUT2D eigenvalue weighted by Gasteiger charge is 2.03. The lowest BCUT2D eigenvalue weighted by Crippen LogP contribution is -2.01. The third-order valence-electron chi connectivity index (χ3n) is 1.93. The average Bonchev–Trinajstić information content (AvgIpc) is 2.38. The molecule has 0 saturated carbocycles. The van der Waals surface area contributed by atoms with E-state index in [1.807, 2.05) is 0 Å². The van der Waals surface area contributed by atoms with E-state index in [4.69, 9.17) is 0 Å². The fourth-order valence-electron chi connectivity index (χ4n) is 1.11. The van der Waals surface area contributed by atoms with Crippen LogP contribution < -0.4 is 0 Å². The molecule has 4 nitrogen and oxygen atoms in total. The molecule has 0 fully saturated rings. The van der Waals surface area contributed by atoms with E-state index < -0.39 is 5.97 Å². The van der Waals surface area contributed by atoms with Gasteiger partial charge in [-0.05, 0) is 18.1 Å². The zero-order chi connectivity index (χ0) is 13.4. The number of thioether (sulfide) groups is 1. The summed E-state index contributed by atoms with van der Waals surface area (Å²) in [6.45, 7) is 1.53. The monoisotopic (exact) mass is 263 g/mol. The summed E-state index contributed by atoms with van der Waals surface area (Å²) in [6.07, 6.45) is 2.06. The Hall–Kier alpha value is -1.80. The molecule has 0 spiro atoms. The van der Waals surface area contributed by atoms with Gasteiger partial charge in [-0.3, -0.25) is 4.79 Å². The first-order chi connectivity index (χ1) is 8.63. The standard InChI is InChI=1S/C13H13NO3S/c1-10(15)18-8-4-3-5-12-7-6-11(9-14-12)13(16)17-2/h6-7,9H,4,8H2,1-2H3. The van der Waals surface area contributed by atoms with E-state index in [0.29, 0.717) is 23.4 Å². The van der Waals surface area contributed by atoms with Gasteiger partial charge in [0.05, 0.1) is 12.7 Å². The molecule has 0 aliphatic rings. The van der Waals surface area contributed by atoms with Gasteiger partial charge in [0.15, 0.2) is 5.12 Å². The van der Waals surface area contributed by atoms with Crippen molar-refractivity contribution in [3.05, 3.63) is 29.6 Å². The fourth-order valence-corrected chi connectivity index (χ4v) is 1.60. The molecule has 0 unspecified atom stereocenters. The average molecular weight is 263 g/mol. The van der Waals surface area contributed by atoms with Crippen molar-refractivity contribution in [3.8, 4) is 11.8 Å². The maximum absolute atomic E-state index is 11.2. The number of carbonyl (C=O) groups excluding carboxylic acids is 2. The number of aromatic nitrogens is 1. The molecule has 1 heterocycles. The van der Waals surface area contributed by atoms with Gasteiger partial charge < -0.3 is 4.74 Å². The van der Waals surface area contributed by atoms with Crippen LogP contribution in [-0.4, -0.2) is 28.9 Å². The summed E-state index contributed by atoms with van der Waals surface area (Å²) in [5, 5.41) is 0.0948. The number of methoxy groups -OCH3 is 1. The van der Waals surface area contributed by atoms with E-state index in [-0.39, 0.29) is 5.12 Å². The zero-order valence-electron chi connectivity index (χ0n) is 10.2. The first-order valence-corrected chi connectivity index (χ1v) is 6.28. The van der Waals surface area contributed by atoms with Crippen molar-refractivity contribution < 1.29 is 14.3 Å². The highest BCUT2D eigenvalue weighted by molar-refractivity contribution is 8.13. The maximum atomic E-state index is 11.2. The molecule has 0 bridgehead atoms. The summed E-state index contributed by atoms with van der Waals surface area (Å²) in [5.74, 6) is 6.05. The quantitative estimate of drug-likeness (QED) is 0.473. The Labute approximate surface area is 110 Å². The number of nitrogens with zero attached hydrogens (tertiary/aromatic N) is 1. The number of hydrogen-bond donors (Lipinski definition) is 0. The van der Waals surface area contributed by atoms with Crippen LogP contribution in [0.3, 0.4) is 0 Å². The van der Waals surface area contributed by atoms with Crippen LogP contribution in [0.5, 0.6) is 0 Å². The van der Waals surface area contributed by atoms with Gasteiger partial charge in [0.1, 0.15) is 5.69 Å². The molecule has 0 amide bonds. The summed E-state index contributed by atoms with van der Waals surface area (Å²) in [7, 11) is 1.32. The molecule has 0 atom stereocenters. The number of rotatable bonds is 3. The zero-order valence-corrected chi connectivity index (χ0v) is 11.0. The van der Waals surface area contributed by atoms with Crippen LogP contribution >= 0.6 is 11.8 Å². The van der Waals surface area contributed by atoms with E-state index in [2.05, 4.69) is 21.6 Å². The number of pyridine rings is 1. The van der Waals surface area contributed by atoms with E-state index >= 15 is 0 Å². The number of hydrogen-bond acceptors (Lipinski definition) is 5. The first-order valence-electron chi connectivity index (χ1n) is 5.30. The molecule has 0 radical (unpaired) electrons. The number of carbonyl (C=O) groups is 2. The van der Waals surface area contributed by atoms with Crippen molar-refractivity contribution in [2.75, 3.05) is 12.9 Å². The molecule has 0 saturated heterocycles. The normalized spacial score (nSPS) is 9.22. The van der Waals surface area contributed by atoms with Crippen LogP contribution in [0.1, 0.15) is 29.4 Å². The van der Waals surface area contributed by atoms with Gasteiger partial charge in [0, 0.05) is 25.3 Å². The Bertz CT molecular complexity index is 485. The van der Waals surface area contributed by atoms with Gasteiger partial charge >= 0.3 is 5.97 Å². The summed E-state index contributed by atoms with van der Waals surface area (Å²) < 4.78 is 4.56. The molecule has 1 aromatic heterocycles. The van der Waals surface area contributed by atoms with Crippen LogP contribution in [0, 0.1) is 11.8 Å². The molecule has 0 N–H and O–H groups in total. The highest BCUT2D eigenvalue weighted by atomic mass is 32.2. The lowest BCUT2D eigenvalue weighted by Gasteiger charge is -1.97. The van der Waals surface area contributed by atoms with Gasteiger partial charge in [-0.25, -0.2) is 9.78 Å². The van der Waals surface area contributed by atoms with Crippen molar-refractivity contribution in [1.82, 2.24) is 4.98 Å². The van der Waals surface area contributed by atoms with Gasteiger partial charge in [-0.15, -0.1) is 0 Å². The molecular formula is C13H13NO3S. The number of ether oxygens (including phenoxy) is 1. The molecule has 1 aromatic rings. The Morgan fingerprint density at radius 1 is 1.44 bits per heavy atom. The van der Waals surface area contributed by atoms with Crippen LogP contribution in [0.2, 0.25) is 0 Å². The third kappa shape index (κ3) is 5.02. The predicted molar refractivity (Wildman–Crippen MR) is 70.2 cm³/mol. The minimum Gasteiger partial charge on any atom is -0.465 e. The van der Waals surface area contributed by atoms with Crippen LogP contribution in [0.25, 0.3) is 0 Å². The molecule has 94 valence electrons. The molecule has 18 heavy (non-hydrogen) atoms. The molecule has 1 rings (SSSR count). The van der Waals surface area contributed by atoms with E-state index in [9.17, 15) is 9.59 Å². The molecule has 0 aliphatic carbocycles. The lowest BCUT2D eigenvalue weighted by atomic mass is 10.2. The fraction of sp³-hybridized carbons (Fsp3) is 0.308. The minimum atomic E-state index is -0.417. The van der Waals surface area contributed by atoms with E-state index in [1.54, 1.807) is 12.1 Å². The topological polar surface area (TPSA) is 56.3 Å². The van der Waals surface area contributed by atoms with Crippen molar-refractivity contribution in [3.63, 3.8) is 0 Å². The minimum absolute atomic E-state index is 0.0948. The summed E-state index contributed by atoms with van der Waals surface area (Å²) in [6, 6.07) is 3.28. The smallest absolute Gasteiger partial charge is 0.339 e. The van der Waals surface area contributed by atoms with E-state index in [0.717, 1.165) is 0 Å². The molecule has 0 aromatic carbocycles. The largest absolute Gasteiger partial charge is 0.465 e. The van der Waals surface area contributed by atoms with Crippen molar-refractivity contribution >= 4 is 22.8 Å². The first kappa shape index (κ1) is 14.3.